The van der Waals surface area contributed by atoms with E-state index in [1.807, 2.05) is 6.92 Å². The summed E-state index contributed by atoms with van der Waals surface area (Å²) in [5.41, 5.74) is 6.33. The smallest absolute Gasteiger partial charge is 0.316 e. The third-order valence-corrected chi connectivity index (χ3v) is 5.51. The van der Waals surface area contributed by atoms with Gasteiger partial charge in [-0.2, -0.15) is 17.4 Å². The normalized spacial score (nSPS) is 16.5. The Morgan fingerprint density at radius 1 is 1.45 bits per heavy atom. The average molecular weight is 326 g/mol. The van der Waals surface area contributed by atoms with Crippen molar-refractivity contribution >= 4 is 21.9 Å². The van der Waals surface area contributed by atoms with Crippen LogP contribution in [0.15, 0.2) is 24.3 Å². The number of urea groups is 1. The van der Waals surface area contributed by atoms with Gasteiger partial charge in [0.25, 0.3) is 10.2 Å². The predicted octanol–water partition coefficient (Wildman–Crippen LogP) is 1.24. The SMILES string of the molecule is C[C@H](C1CC1)N(C)S(=O)(=O)NCc1cccc(NC(N)=O)c1. The molecular weight excluding hydrogens is 304 g/mol. The van der Waals surface area contributed by atoms with Crippen LogP contribution >= 0.6 is 0 Å². The van der Waals surface area contributed by atoms with Gasteiger partial charge in [0.15, 0.2) is 0 Å². The molecule has 1 aliphatic carbocycles. The van der Waals surface area contributed by atoms with E-state index in [4.69, 9.17) is 5.73 Å². The molecule has 2 amide bonds. The molecule has 22 heavy (non-hydrogen) atoms. The van der Waals surface area contributed by atoms with Crippen LogP contribution in [0.3, 0.4) is 0 Å². The van der Waals surface area contributed by atoms with Crippen molar-refractivity contribution in [1.29, 1.82) is 0 Å². The van der Waals surface area contributed by atoms with Gasteiger partial charge in [-0.1, -0.05) is 12.1 Å². The molecule has 1 atom stereocenters. The van der Waals surface area contributed by atoms with E-state index in [1.54, 1.807) is 31.3 Å². The van der Waals surface area contributed by atoms with E-state index in [9.17, 15) is 13.2 Å². The molecule has 4 N–H and O–H groups in total. The molecule has 1 saturated carbocycles. The number of primary amides is 1. The number of nitrogens with two attached hydrogens (primary N) is 1. The number of nitrogens with one attached hydrogen (secondary N) is 2. The summed E-state index contributed by atoms with van der Waals surface area (Å²) in [6.45, 7) is 2.08. The second kappa shape index (κ2) is 6.64. The quantitative estimate of drug-likeness (QED) is 0.702. The van der Waals surface area contributed by atoms with Gasteiger partial charge in [-0.25, -0.2) is 4.79 Å². The molecule has 1 aromatic carbocycles. The van der Waals surface area contributed by atoms with E-state index in [0.717, 1.165) is 18.4 Å². The summed E-state index contributed by atoms with van der Waals surface area (Å²) in [5.74, 6) is 0.463. The van der Waals surface area contributed by atoms with E-state index in [0.29, 0.717) is 11.6 Å². The van der Waals surface area contributed by atoms with E-state index >= 15 is 0 Å². The molecule has 2 rings (SSSR count). The van der Waals surface area contributed by atoms with Crippen LogP contribution in [0.1, 0.15) is 25.3 Å². The maximum Gasteiger partial charge on any atom is 0.316 e. The first kappa shape index (κ1) is 16.7. The van der Waals surface area contributed by atoms with Gasteiger partial charge in [-0.05, 0) is 43.4 Å². The van der Waals surface area contributed by atoms with Gasteiger partial charge in [0.2, 0.25) is 0 Å². The Morgan fingerprint density at radius 3 is 2.73 bits per heavy atom. The molecule has 0 aliphatic heterocycles. The number of nitrogens with zero attached hydrogens (tertiary/aromatic N) is 1. The first-order chi connectivity index (χ1) is 10.3. The maximum absolute atomic E-state index is 12.3. The van der Waals surface area contributed by atoms with Crippen molar-refractivity contribution in [3.8, 4) is 0 Å². The standard InChI is InChI=1S/C14H22N4O3S/c1-10(12-6-7-12)18(2)22(20,21)16-9-11-4-3-5-13(8-11)17-14(15)19/h3-5,8,10,12,16H,6-7,9H2,1-2H3,(H3,15,17,19)/t10-/m1/s1. The molecule has 0 heterocycles. The lowest BCUT2D eigenvalue weighted by Gasteiger charge is -2.24. The predicted molar refractivity (Wildman–Crippen MR) is 85.4 cm³/mol. The zero-order chi connectivity index (χ0) is 16.3. The highest BCUT2D eigenvalue weighted by Gasteiger charge is 2.35. The first-order valence-corrected chi connectivity index (χ1v) is 8.61. The minimum atomic E-state index is -3.53. The Labute approximate surface area is 131 Å². The Balaban J connectivity index is 1.97. The largest absolute Gasteiger partial charge is 0.351 e. The van der Waals surface area contributed by atoms with Crippen LogP contribution in [0.5, 0.6) is 0 Å². The van der Waals surface area contributed by atoms with Crippen molar-refractivity contribution in [2.24, 2.45) is 11.7 Å². The van der Waals surface area contributed by atoms with E-state index in [-0.39, 0.29) is 12.6 Å². The van der Waals surface area contributed by atoms with E-state index < -0.39 is 16.2 Å². The van der Waals surface area contributed by atoms with Crippen molar-refractivity contribution in [3.63, 3.8) is 0 Å². The third-order valence-electron chi connectivity index (χ3n) is 3.91. The lowest BCUT2D eigenvalue weighted by Crippen LogP contribution is -2.43. The number of carbonyl (C=O) groups is 1. The monoisotopic (exact) mass is 326 g/mol. The summed E-state index contributed by atoms with van der Waals surface area (Å²) in [4.78, 5) is 10.8. The molecule has 0 aromatic heterocycles. The average Bonchev–Trinajstić information content (AvgIpc) is 3.28. The fourth-order valence-corrected chi connectivity index (χ4v) is 3.43. The number of benzene rings is 1. The third kappa shape index (κ3) is 4.43. The number of hydrogen-bond donors (Lipinski definition) is 3. The summed E-state index contributed by atoms with van der Waals surface area (Å²) < 4.78 is 28.5. The van der Waals surface area contributed by atoms with Crippen molar-refractivity contribution in [3.05, 3.63) is 29.8 Å². The van der Waals surface area contributed by atoms with Crippen LogP contribution in [-0.2, 0) is 16.8 Å². The summed E-state index contributed by atoms with van der Waals surface area (Å²) in [5, 5.41) is 2.46. The van der Waals surface area contributed by atoms with Crippen LogP contribution < -0.4 is 15.8 Å². The summed E-state index contributed by atoms with van der Waals surface area (Å²) >= 11 is 0. The Kier molecular flexibility index (Phi) is 5.05. The van der Waals surface area contributed by atoms with Gasteiger partial charge in [0, 0.05) is 25.3 Å². The van der Waals surface area contributed by atoms with Crippen molar-refractivity contribution < 1.29 is 13.2 Å². The number of carbonyl (C=O) groups excluding carboxylic acids is 1. The lowest BCUT2D eigenvalue weighted by molar-refractivity contribution is 0.259. The minimum Gasteiger partial charge on any atom is -0.351 e. The highest BCUT2D eigenvalue weighted by Crippen LogP contribution is 2.35. The van der Waals surface area contributed by atoms with Crippen LogP contribution in [0.4, 0.5) is 10.5 Å². The molecule has 1 fully saturated rings. The van der Waals surface area contributed by atoms with Crippen molar-refractivity contribution in [2.45, 2.75) is 32.4 Å². The molecule has 0 saturated heterocycles. The highest BCUT2D eigenvalue weighted by molar-refractivity contribution is 7.87. The van der Waals surface area contributed by atoms with Gasteiger partial charge < -0.3 is 11.1 Å². The highest BCUT2D eigenvalue weighted by atomic mass is 32.2. The fourth-order valence-electron chi connectivity index (χ4n) is 2.27. The number of anilines is 1. The molecule has 0 unspecified atom stereocenters. The molecule has 0 spiro atoms. The molecule has 122 valence electrons. The Morgan fingerprint density at radius 2 is 2.14 bits per heavy atom. The van der Waals surface area contributed by atoms with Crippen molar-refractivity contribution in [1.82, 2.24) is 9.03 Å². The molecular formula is C14H22N4O3S. The van der Waals surface area contributed by atoms with Gasteiger partial charge in [-0.3, -0.25) is 0 Å². The molecule has 8 heteroatoms. The van der Waals surface area contributed by atoms with Crippen LogP contribution in [0, 0.1) is 5.92 Å². The zero-order valence-corrected chi connectivity index (χ0v) is 13.6. The van der Waals surface area contributed by atoms with Gasteiger partial charge in [0.1, 0.15) is 0 Å². The second-order valence-corrected chi connectivity index (χ2v) is 7.42. The van der Waals surface area contributed by atoms with Crippen LogP contribution in [0.2, 0.25) is 0 Å². The summed E-state index contributed by atoms with van der Waals surface area (Å²) in [6.07, 6.45) is 2.17. The van der Waals surface area contributed by atoms with Crippen LogP contribution in [-0.4, -0.2) is 31.8 Å². The van der Waals surface area contributed by atoms with Crippen molar-refractivity contribution in [2.75, 3.05) is 12.4 Å². The van der Waals surface area contributed by atoms with E-state index in [2.05, 4.69) is 10.0 Å². The van der Waals surface area contributed by atoms with Crippen LogP contribution in [0.25, 0.3) is 0 Å². The molecule has 7 nitrogen and oxygen atoms in total. The number of hydrogen-bond acceptors (Lipinski definition) is 3. The topological polar surface area (TPSA) is 105 Å². The van der Waals surface area contributed by atoms with E-state index in [1.165, 1.54) is 4.31 Å². The van der Waals surface area contributed by atoms with Gasteiger partial charge in [-0.15, -0.1) is 0 Å². The molecule has 0 bridgehead atoms. The lowest BCUT2D eigenvalue weighted by atomic mass is 10.2. The minimum absolute atomic E-state index is 0.000336. The second-order valence-electron chi connectivity index (χ2n) is 5.61. The van der Waals surface area contributed by atoms with Gasteiger partial charge in [0.05, 0.1) is 0 Å². The maximum atomic E-state index is 12.3. The molecule has 1 aromatic rings. The number of amides is 2. The van der Waals surface area contributed by atoms with Gasteiger partial charge >= 0.3 is 6.03 Å². The Bertz CT molecular complexity index is 643. The zero-order valence-electron chi connectivity index (χ0n) is 12.7. The Hall–Kier alpha value is -1.64. The fraction of sp³-hybridized carbons (Fsp3) is 0.500. The summed E-state index contributed by atoms with van der Waals surface area (Å²) in [6, 6.07) is 6.21. The molecule has 0 radical (unpaired) electrons. The number of rotatable bonds is 7. The molecule has 1 aliphatic rings. The summed E-state index contributed by atoms with van der Waals surface area (Å²) in [7, 11) is -1.93. The first-order valence-electron chi connectivity index (χ1n) is 7.17.